The standard InChI is InChI=1S/C17H15F6N3O2/c18-16(19,20)11-2-4-13(5-3-11)28-14-8-12(10-27-17(21,22)23)26(9-14)15-24-6-1-7-25-15/h1-7,12,14H,8-10H2/t12-,14+/m0/s1. The van der Waals surface area contributed by atoms with E-state index in [9.17, 15) is 26.3 Å². The third kappa shape index (κ3) is 5.24. The number of anilines is 1. The predicted molar refractivity (Wildman–Crippen MR) is 85.7 cm³/mol. The Morgan fingerprint density at radius 1 is 1.00 bits per heavy atom. The summed E-state index contributed by atoms with van der Waals surface area (Å²) in [6.45, 7) is -0.481. The first-order valence-corrected chi connectivity index (χ1v) is 8.20. The molecule has 28 heavy (non-hydrogen) atoms. The zero-order valence-electron chi connectivity index (χ0n) is 14.2. The fraction of sp³-hybridized carbons (Fsp3) is 0.412. The number of alkyl halides is 6. The van der Waals surface area contributed by atoms with E-state index in [0.717, 1.165) is 12.1 Å². The maximum atomic E-state index is 12.6. The second-order valence-electron chi connectivity index (χ2n) is 6.11. The van der Waals surface area contributed by atoms with Crippen LogP contribution in [0.25, 0.3) is 0 Å². The molecule has 0 unspecified atom stereocenters. The smallest absolute Gasteiger partial charge is 0.489 e. The van der Waals surface area contributed by atoms with Gasteiger partial charge < -0.3 is 9.64 Å². The van der Waals surface area contributed by atoms with Crippen molar-refractivity contribution < 1.29 is 35.8 Å². The van der Waals surface area contributed by atoms with Crippen molar-refractivity contribution >= 4 is 5.95 Å². The molecule has 1 aromatic carbocycles. The third-order valence-electron chi connectivity index (χ3n) is 4.11. The molecule has 2 aromatic rings. The van der Waals surface area contributed by atoms with Gasteiger partial charge in [-0.05, 0) is 30.3 Å². The van der Waals surface area contributed by atoms with Gasteiger partial charge in [-0.25, -0.2) is 9.97 Å². The highest BCUT2D eigenvalue weighted by molar-refractivity contribution is 5.35. The average molecular weight is 407 g/mol. The van der Waals surface area contributed by atoms with Crippen molar-refractivity contribution in [3.8, 4) is 5.75 Å². The van der Waals surface area contributed by atoms with Gasteiger partial charge in [0.05, 0.1) is 24.8 Å². The third-order valence-corrected chi connectivity index (χ3v) is 4.11. The average Bonchev–Trinajstić information content (AvgIpc) is 3.03. The summed E-state index contributed by atoms with van der Waals surface area (Å²) in [5.41, 5.74) is -0.818. The molecule has 0 radical (unpaired) electrons. The second-order valence-corrected chi connectivity index (χ2v) is 6.11. The maximum absolute atomic E-state index is 12.6. The molecule has 0 N–H and O–H groups in total. The van der Waals surface area contributed by atoms with Crippen molar-refractivity contribution in [1.82, 2.24) is 9.97 Å². The number of benzene rings is 1. The van der Waals surface area contributed by atoms with Gasteiger partial charge in [-0.3, -0.25) is 4.74 Å². The normalized spacial score (nSPS) is 20.4. The molecule has 2 heterocycles. The number of hydrogen-bond donors (Lipinski definition) is 0. The Kier molecular flexibility index (Phi) is 5.64. The molecule has 11 heteroatoms. The molecule has 5 nitrogen and oxygen atoms in total. The van der Waals surface area contributed by atoms with Crippen molar-refractivity contribution in [2.24, 2.45) is 0 Å². The SMILES string of the molecule is FC(F)(F)OC[C@@H]1C[C@@H](Oc2ccc(C(F)(F)F)cc2)CN1c1ncccn1. The Morgan fingerprint density at radius 2 is 1.64 bits per heavy atom. The molecule has 152 valence electrons. The van der Waals surface area contributed by atoms with Crippen LogP contribution in [0.4, 0.5) is 32.3 Å². The van der Waals surface area contributed by atoms with Crippen molar-refractivity contribution in [3.63, 3.8) is 0 Å². The van der Waals surface area contributed by atoms with Gasteiger partial charge in [0, 0.05) is 18.8 Å². The lowest BCUT2D eigenvalue weighted by Gasteiger charge is -2.24. The van der Waals surface area contributed by atoms with Gasteiger partial charge in [-0.1, -0.05) is 0 Å². The highest BCUT2D eigenvalue weighted by atomic mass is 19.4. The largest absolute Gasteiger partial charge is 0.522 e. The van der Waals surface area contributed by atoms with Crippen LogP contribution in [0.2, 0.25) is 0 Å². The van der Waals surface area contributed by atoms with Gasteiger partial charge in [0.2, 0.25) is 5.95 Å². The lowest BCUT2D eigenvalue weighted by molar-refractivity contribution is -0.325. The number of nitrogens with zero attached hydrogens (tertiary/aromatic N) is 3. The van der Waals surface area contributed by atoms with Crippen molar-refractivity contribution in [2.45, 2.75) is 31.1 Å². The zero-order valence-corrected chi connectivity index (χ0v) is 14.2. The number of hydrogen-bond acceptors (Lipinski definition) is 5. The Morgan fingerprint density at radius 3 is 2.21 bits per heavy atom. The van der Waals surface area contributed by atoms with Crippen LogP contribution in [-0.2, 0) is 10.9 Å². The van der Waals surface area contributed by atoms with E-state index in [2.05, 4.69) is 14.7 Å². The molecule has 0 amide bonds. The second kappa shape index (κ2) is 7.82. The Labute approximate surface area is 155 Å². The van der Waals surface area contributed by atoms with E-state index < -0.39 is 36.9 Å². The summed E-state index contributed by atoms with van der Waals surface area (Å²) < 4.78 is 84.7. The van der Waals surface area contributed by atoms with Crippen molar-refractivity contribution in [2.75, 3.05) is 18.1 Å². The van der Waals surface area contributed by atoms with Crippen LogP contribution in [0.5, 0.6) is 5.75 Å². The molecule has 1 saturated heterocycles. The summed E-state index contributed by atoms with van der Waals surface area (Å²) in [6, 6.07) is 4.97. The highest BCUT2D eigenvalue weighted by Crippen LogP contribution is 2.32. The van der Waals surface area contributed by atoms with Crippen LogP contribution in [0.15, 0.2) is 42.7 Å². The van der Waals surface area contributed by atoms with Crippen LogP contribution in [-0.4, -0.2) is 41.6 Å². The van der Waals surface area contributed by atoms with E-state index in [4.69, 9.17) is 4.74 Å². The highest BCUT2D eigenvalue weighted by Gasteiger charge is 2.39. The molecule has 0 saturated carbocycles. The number of aromatic nitrogens is 2. The van der Waals surface area contributed by atoms with Gasteiger partial charge in [-0.15, -0.1) is 13.2 Å². The minimum absolute atomic E-state index is 0.162. The summed E-state index contributed by atoms with van der Waals surface area (Å²) in [5.74, 6) is 0.404. The zero-order chi connectivity index (χ0) is 20.4. The van der Waals surface area contributed by atoms with Gasteiger partial charge >= 0.3 is 12.5 Å². The van der Waals surface area contributed by atoms with Crippen LogP contribution >= 0.6 is 0 Å². The van der Waals surface area contributed by atoms with Gasteiger partial charge in [0.25, 0.3) is 0 Å². The topological polar surface area (TPSA) is 47.5 Å². The first kappa shape index (κ1) is 20.2. The first-order valence-electron chi connectivity index (χ1n) is 8.20. The summed E-state index contributed by atoms with van der Waals surface area (Å²) in [5, 5.41) is 0. The summed E-state index contributed by atoms with van der Waals surface area (Å²) in [4.78, 5) is 9.59. The molecule has 3 rings (SSSR count). The van der Waals surface area contributed by atoms with E-state index >= 15 is 0 Å². The van der Waals surface area contributed by atoms with Crippen molar-refractivity contribution in [1.29, 1.82) is 0 Å². The lowest BCUT2D eigenvalue weighted by atomic mass is 10.2. The van der Waals surface area contributed by atoms with E-state index in [1.165, 1.54) is 29.4 Å². The molecule has 1 aliphatic heterocycles. The van der Waals surface area contributed by atoms with E-state index in [1.807, 2.05) is 0 Å². The lowest BCUT2D eigenvalue weighted by Crippen LogP contribution is -2.36. The van der Waals surface area contributed by atoms with Crippen LogP contribution in [0.3, 0.4) is 0 Å². The molecule has 0 spiro atoms. The maximum Gasteiger partial charge on any atom is 0.522 e. The monoisotopic (exact) mass is 407 g/mol. The summed E-state index contributed by atoms with van der Waals surface area (Å²) in [7, 11) is 0. The van der Waals surface area contributed by atoms with E-state index in [1.54, 1.807) is 6.07 Å². The van der Waals surface area contributed by atoms with Crippen molar-refractivity contribution in [3.05, 3.63) is 48.3 Å². The molecule has 1 aromatic heterocycles. The molecule has 0 aliphatic carbocycles. The Hall–Kier alpha value is -2.56. The first-order chi connectivity index (χ1) is 13.1. The molecular formula is C17H15F6N3O2. The fourth-order valence-corrected chi connectivity index (χ4v) is 2.91. The number of rotatable bonds is 5. The van der Waals surface area contributed by atoms with Crippen LogP contribution < -0.4 is 9.64 Å². The molecule has 0 bridgehead atoms. The molecule has 1 aliphatic rings. The van der Waals surface area contributed by atoms with E-state index in [-0.39, 0.29) is 24.7 Å². The van der Waals surface area contributed by atoms with Gasteiger partial charge in [0.15, 0.2) is 0 Å². The molecular weight excluding hydrogens is 392 g/mol. The Balaban J connectivity index is 1.70. The van der Waals surface area contributed by atoms with E-state index in [0.29, 0.717) is 0 Å². The molecule has 2 atom stereocenters. The number of ether oxygens (including phenoxy) is 2. The Bertz CT molecular complexity index is 767. The van der Waals surface area contributed by atoms with Gasteiger partial charge in [-0.2, -0.15) is 13.2 Å². The van der Waals surface area contributed by atoms with Crippen LogP contribution in [0.1, 0.15) is 12.0 Å². The summed E-state index contributed by atoms with van der Waals surface area (Å²) >= 11 is 0. The minimum Gasteiger partial charge on any atom is -0.489 e. The van der Waals surface area contributed by atoms with Crippen LogP contribution in [0, 0.1) is 0 Å². The predicted octanol–water partition coefficient (Wildman–Crippen LogP) is 4.06. The quantitative estimate of drug-likeness (QED) is 0.700. The minimum atomic E-state index is -4.78. The molecule has 1 fully saturated rings. The summed E-state index contributed by atoms with van der Waals surface area (Å²) in [6.07, 6.45) is -6.75. The number of halogens is 6. The van der Waals surface area contributed by atoms with Gasteiger partial charge in [0.1, 0.15) is 11.9 Å². The fourth-order valence-electron chi connectivity index (χ4n) is 2.91.